The van der Waals surface area contributed by atoms with Gasteiger partial charge in [0.25, 0.3) is 0 Å². The van der Waals surface area contributed by atoms with Gasteiger partial charge < -0.3 is 10.1 Å². The number of benzene rings is 1. The van der Waals surface area contributed by atoms with Gasteiger partial charge in [0.05, 0.1) is 12.7 Å². The number of hydrogen-bond donors (Lipinski definition) is 1. The lowest BCUT2D eigenvalue weighted by atomic mass is 10.1. The molecule has 4 nitrogen and oxygen atoms in total. The molecule has 1 heterocycles. The molecule has 0 unspecified atom stereocenters. The highest BCUT2D eigenvalue weighted by atomic mass is 16.5. The van der Waals surface area contributed by atoms with Crippen LogP contribution in [-0.4, -0.2) is 19.3 Å². The van der Waals surface area contributed by atoms with Crippen molar-refractivity contribution in [3.8, 4) is 0 Å². The number of nitrogens with one attached hydrogen (secondary N) is 1. The van der Waals surface area contributed by atoms with E-state index >= 15 is 0 Å². The Hall–Kier alpha value is -2.10. The third-order valence-corrected chi connectivity index (χ3v) is 2.09. The summed E-state index contributed by atoms with van der Waals surface area (Å²) in [6, 6.07) is 5.28. The molecule has 2 rings (SSSR count). The standard InChI is InChI=1S/C11H10N2O2/c1-15-11(14)8-2-3-10-9(6-8)7-12-4-5-13-10/h2-7,13H,1H3. The minimum atomic E-state index is -0.344. The van der Waals surface area contributed by atoms with E-state index in [1.807, 2.05) is 6.07 Å². The lowest BCUT2D eigenvalue weighted by Gasteiger charge is -2.05. The fourth-order valence-corrected chi connectivity index (χ4v) is 1.34. The Morgan fingerprint density at radius 1 is 1.47 bits per heavy atom. The summed E-state index contributed by atoms with van der Waals surface area (Å²) < 4.78 is 4.64. The molecule has 76 valence electrons. The molecule has 0 bridgehead atoms. The highest BCUT2D eigenvalue weighted by Gasteiger charge is 2.08. The van der Waals surface area contributed by atoms with Gasteiger partial charge in [-0.15, -0.1) is 0 Å². The highest BCUT2D eigenvalue weighted by molar-refractivity contribution is 5.96. The van der Waals surface area contributed by atoms with Crippen LogP contribution < -0.4 is 5.32 Å². The molecule has 0 spiro atoms. The van der Waals surface area contributed by atoms with Gasteiger partial charge in [-0.3, -0.25) is 4.99 Å². The fraction of sp³-hybridized carbons (Fsp3) is 0.0909. The van der Waals surface area contributed by atoms with Crippen LogP contribution in [0.1, 0.15) is 15.9 Å². The molecule has 4 heteroatoms. The normalized spacial score (nSPS) is 12.6. The van der Waals surface area contributed by atoms with E-state index in [1.165, 1.54) is 7.11 Å². The topological polar surface area (TPSA) is 50.7 Å². The van der Waals surface area contributed by atoms with Crippen LogP contribution in [-0.2, 0) is 4.74 Å². The Labute approximate surface area is 87.3 Å². The number of carbonyl (C=O) groups excluding carboxylic acids is 1. The number of methoxy groups -OCH3 is 1. The number of ether oxygens (including phenoxy) is 1. The molecular formula is C11H10N2O2. The second kappa shape index (κ2) is 3.96. The largest absolute Gasteiger partial charge is 0.465 e. The van der Waals surface area contributed by atoms with Crippen molar-refractivity contribution in [3.05, 3.63) is 41.7 Å². The van der Waals surface area contributed by atoms with Crippen LogP contribution in [0.5, 0.6) is 0 Å². The van der Waals surface area contributed by atoms with Crippen LogP contribution in [0.4, 0.5) is 5.69 Å². The smallest absolute Gasteiger partial charge is 0.337 e. The summed E-state index contributed by atoms with van der Waals surface area (Å²) in [4.78, 5) is 15.3. The summed E-state index contributed by atoms with van der Waals surface area (Å²) in [5.41, 5.74) is 2.30. The maximum Gasteiger partial charge on any atom is 0.337 e. The van der Waals surface area contributed by atoms with Crippen molar-refractivity contribution in [1.29, 1.82) is 0 Å². The molecule has 1 aromatic rings. The molecular weight excluding hydrogens is 192 g/mol. The third-order valence-electron chi connectivity index (χ3n) is 2.09. The molecule has 15 heavy (non-hydrogen) atoms. The number of hydrogen-bond acceptors (Lipinski definition) is 4. The zero-order valence-electron chi connectivity index (χ0n) is 8.23. The summed E-state index contributed by atoms with van der Waals surface area (Å²) in [6.45, 7) is 0. The maximum absolute atomic E-state index is 11.3. The number of nitrogens with zero attached hydrogens (tertiary/aromatic N) is 1. The van der Waals surface area contributed by atoms with Crippen LogP contribution in [0.25, 0.3) is 0 Å². The first-order chi connectivity index (χ1) is 7.31. The van der Waals surface area contributed by atoms with Crippen LogP contribution in [0, 0.1) is 0 Å². The van der Waals surface area contributed by atoms with E-state index in [-0.39, 0.29) is 5.97 Å². The van der Waals surface area contributed by atoms with E-state index in [9.17, 15) is 4.79 Å². The van der Waals surface area contributed by atoms with Gasteiger partial charge in [-0.25, -0.2) is 4.79 Å². The molecule has 0 saturated carbocycles. The SMILES string of the molecule is COC(=O)c1ccc2c(c1)C=NC=CN2. The van der Waals surface area contributed by atoms with Crippen LogP contribution in [0.15, 0.2) is 35.6 Å². The average Bonchev–Trinajstić information content (AvgIpc) is 2.51. The summed E-state index contributed by atoms with van der Waals surface area (Å²) >= 11 is 0. The Morgan fingerprint density at radius 3 is 3.13 bits per heavy atom. The number of aliphatic imine (C=N–C) groups is 1. The van der Waals surface area contributed by atoms with Gasteiger partial charge in [-0.1, -0.05) is 0 Å². The third kappa shape index (κ3) is 1.88. The van der Waals surface area contributed by atoms with Gasteiger partial charge in [0.15, 0.2) is 0 Å². The van der Waals surface area contributed by atoms with Gasteiger partial charge in [0.1, 0.15) is 0 Å². The second-order valence-corrected chi connectivity index (χ2v) is 3.03. The molecule has 1 aromatic carbocycles. The number of rotatable bonds is 1. The molecule has 1 aliphatic heterocycles. The first-order valence-electron chi connectivity index (χ1n) is 4.48. The number of fused-ring (bicyclic) bond motifs is 1. The summed E-state index contributed by atoms with van der Waals surface area (Å²) in [5.74, 6) is -0.344. The Bertz CT molecular complexity index is 450. The van der Waals surface area contributed by atoms with E-state index in [0.717, 1.165) is 11.3 Å². The molecule has 0 saturated heterocycles. The summed E-state index contributed by atoms with van der Waals surface area (Å²) in [7, 11) is 1.36. The minimum absolute atomic E-state index is 0.344. The van der Waals surface area contributed by atoms with Crippen LogP contribution >= 0.6 is 0 Å². The number of esters is 1. The predicted molar refractivity (Wildman–Crippen MR) is 58.1 cm³/mol. The lowest BCUT2D eigenvalue weighted by molar-refractivity contribution is 0.0601. The van der Waals surface area contributed by atoms with E-state index in [1.54, 1.807) is 30.7 Å². The van der Waals surface area contributed by atoms with Crippen molar-refractivity contribution in [1.82, 2.24) is 0 Å². The first-order valence-corrected chi connectivity index (χ1v) is 4.48. The monoisotopic (exact) mass is 202 g/mol. The predicted octanol–water partition coefficient (Wildman–Crippen LogP) is 1.79. The average molecular weight is 202 g/mol. The summed E-state index contributed by atoms with van der Waals surface area (Å²) in [6.07, 6.45) is 5.08. The van der Waals surface area contributed by atoms with Gasteiger partial charge in [0.2, 0.25) is 0 Å². The molecule has 0 aliphatic carbocycles. The number of anilines is 1. The van der Waals surface area contributed by atoms with E-state index < -0.39 is 0 Å². The van der Waals surface area contributed by atoms with Crippen molar-refractivity contribution < 1.29 is 9.53 Å². The minimum Gasteiger partial charge on any atom is -0.465 e. The second-order valence-electron chi connectivity index (χ2n) is 3.03. The van der Waals surface area contributed by atoms with Crippen molar-refractivity contribution in [2.45, 2.75) is 0 Å². The molecule has 0 atom stereocenters. The zero-order chi connectivity index (χ0) is 10.7. The Balaban J connectivity index is 2.42. The Morgan fingerprint density at radius 2 is 2.33 bits per heavy atom. The van der Waals surface area contributed by atoms with Crippen LogP contribution in [0.3, 0.4) is 0 Å². The molecule has 0 fully saturated rings. The van der Waals surface area contributed by atoms with E-state index in [4.69, 9.17) is 0 Å². The van der Waals surface area contributed by atoms with Crippen LogP contribution in [0.2, 0.25) is 0 Å². The fourth-order valence-electron chi connectivity index (χ4n) is 1.34. The van der Waals surface area contributed by atoms with E-state index in [2.05, 4.69) is 15.0 Å². The van der Waals surface area contributed by atoms with Gasteiger partial charge in [-0.05, 0) is 18.2 Å². The number of carbonyl (C=O) groups is 1. The van der Waals surface area contributed by atoms with E-state index in [0.29, 0.717) is 5.56 Å². The highest BCUT2D eigenvalue weighted by Crippen LogP contribution is 2.18. The molecule has 0 aromatic heterocycles. The molecule has 0 radical (unpaired) electrons. The van der Waals surface area contributed by atoms with Crippen molar-refractivity contribution >= 4 is 17.9 Å². The summed E-state index contributed by atoms with van der Waals surface area (Å²) in [5, 5.41) is 3.05. The lowest BCUT2D eigenvalue weighted by Crippen LogP contribution is -2.03. The molecule has 1 aliphatic rings. The molecule has 1 N–H and O–H groups in total. The van der Waals surface area contributed by atoms with Crippen molar-refractivity contribution in [2.75, 3.05) is 12.4 Å². The van der Waals surface area contributed by atoms with Gasteiger partial charge in [0, 0.05) is 29.9 Å². The first kappa shape index (κ1) is 9.45. The zero-order valence-corrected chi connectivity index (χ0v) is 8.23. The van der Waals surface area contributed by atoms with Crippen molar-refractivity contribution in [2.24, 2.45) is 4.99 Å². The molecule has 0 amide bonds. The maximum atomic E-state index is 11.3. The quantitative estimate of drug-likeness (QED) is 0.706. The van der Waals surface area contributed by atoms with Gasteiger partial charge in [-0.2, -0.15) is 0 Å². The van der Waals surface area contributed by atoms with Gasteiger partial charge >= 0.3 is 5.97 Å². The van der Waals surface area contributed by atoms with Crippen molar-refractivity contribution in [3.63, 3.8) is 0 Å². The Kier molecular flexibility index (Phi) is 2.49.